The molecule has 1 aromatic heterocycles. The zero-order valence-electron chi connectivity index (χ0n) is 18.1. The first-order valence-electron chi connectivity index (χ1n) is 10.6. The lowest BCUT2D eigenvalue weighted by Crippen LogP contribution is -2.36. The van der Waals surface area contributed by atoms with Crippen molar-refractivity contribution < 1.29 is 4.79 Å². The molecule has 2 N–H and O–H groups in total. The van der Waals surface area contributed by atoms with Gasteiger partial charge in [-0.15, -0.1) is 35.3 Å². The number of nitrogens with zero attached hydrogens (tertiary/aromatic N) is 3. The number of nitrogens with one attached hydrogen (secondary N) is 2. The molecule has 8 heteroatoms. The number of aromatic nitrogens is 1. The topological polar surface area (TPSA) is 69.6 Å². The molecule has 32 heavy (non-hydrogen) atoms. The molecule has 0 unspecified atom stereocenters. The average molecular weight is 561 g/mol. The second-order valence-corrected chi connectivity index (χ2v) is 8.23. The van der Waals surface area contributed by atoms with E-state index in [4.69, 9.17) is 9.98 Å². The van der Waals surface area contributed by atoms with Crippen LogP contribution in [0.4, 0.5) is 5.69 Å². The van der Waals surface area contributed by atoms with Crippen molar-refractivity contribution in [3.8, 4) is 10.6 Å². The molecule has 1 aliphatic rings. The van der Waals surface area contributed by atoms with Crippen LogP contribution in [0.25, 0.3) is 10.6 Å². The second-order valence-electron chi connectivity index (χ2n) is 7.37. The first kappa shape index (κ1) is 24.2. The first-order chi connectivity index (χ1) is 15.2. The monoisotopic (exact) mass is 561 g/mol. The highest BCUT2D eigenvalue weighted by Gasteiger charge is 2.21. The van der Waals surface area contributed by atoms with Crippen LogP contribution < -0.4 is 15.5 Å². The van der Waals surface area contributed by atoms with Gasteiger partial charge >= 0.3 is 0 Å². The summed E-state index contributed by atoms with van der Waals surface area (Å²) in [4.78, 5) is 23.2. The van der Waals surface area contributed by atoms with E-state index < -0.39 is 0 Å². The van der Waals surface area contributed by atoms with Gasteiger partial charge in [0.2, 0.25) is 5.91 Å². The summed E-state index contributed by atoms with van der Waals surface area (Å²) < 4.78 is 0. The zero-order valence-corrected chi connectivity index (χ0v) is 21.2. The zero-order chi connectivity index (χ0) is 21.5. The van der Waals surface area contributed by atoms with Gasteiger partial charge in [0.05, 0.1) is 18.8 Å². The van der Waals surface area contributed by atoms with Crippen LogP contribution in [0.15, 0.2) is 65.0 Å². The summed E-state index contributed by atoms with van der Waals surface area (Å²) >= 11 is 1.65. The Bertz CT molecular complexity index is 1040. The van der Waals surface area contributed by atoms with Crippen molar-refractivity contribution in [2.75, 3.05) is 18.0 Å². The molecule has 1 saturated heterocycles. The van der Waals surface area contributed by atoms with Crippen LogP contribution in [0, 0.1) is 0 Å². The van der Waals surface area contributed by atoms with Gasteiger partial charge in [-0.3, -0.25) is 4.79 Å². The smallest absolute Gasteiger partial charge is 0.227 e. The number of benzene rings is 2. The highest BCUT2D eigenvalue weighted by molar-refractivity contribution is 14.0. The molecule has 0 radical (unpaired) electrons. The third-order valence-electron chi connectivity index (χ3n) is 5.09. The summed E-state index contributed by atoms with van der Waals surface area (Å²) in [5.74, 6) is 0.970. The predicted octanol–water partition coefficient (Wildman–Crippen LogP) is 4.81. The lowest BCUT2D eigenvalue weighted by molar-refractivity contribution is -0.117. The number of hydrogen-bond acceptors (Lipinski definition) is 4. The van der Waals surface area contributed by atoms with Gasteiger partial charge < -0.3 is 15.5 Å². The molecule has 6 nitrogen and oxygen atoms in total. The average Bonchev–Trinajstić information content (AvgIpc) is 3.46. The highest BCUT2D eigenvalue weighted by atomic mass is 127. The van der Waals surface area contributed by atoms with Crippen molar-refractivity contribution in [3.05, 3.63) is 71.2 Å². The number of hydrogen-bond donors (Lipinski definition) is 2. The van der Waals surface area contributed by atoms with E-state index in [1.165, 1.54) is 0 Å². The summed E-state index contributed by atoms with van der Waals surface area (Å²) in [6.07, 6.45) is 1.59. The van der Waals surface area contributed by atoms with Crippen LogP contribution in [0.2, 0.25) is 0 Å². The SMILES string of the molecule is CCNC(=NCc1ccc(N2CCCC2=O)cc1)NCc1csc(-c2ccccc2)n1.I. The maximum atomic E-state index is 11.9. The van der Waals surface area contributed by atoms with Crippen LogP contribution in [0.5, 0.6) is 0 Å². The van der Waals surface area contributed by atoms with Crippen molar-refractivity contribution in [3.63, 3.8) is 0 Å². The van der Waals surface area contributed by atoms with Crippen molar-refractivity contribution in [2.24, 2.45) is 4.99 Å². The Kier molecular flexibility index (Phi) is 9.04. The Balaban J connectivity index is 0.00000289. The summed E-state index contributed by atoms with van der Waals surface area (Å²) in [6, 6.07) is 18.3. The molecule has 0 saturated carbocycles. The van der Waals surface area contributed by atoms with Gasteiger partial charge in [0.1, 0.15) is 5.01 Å². The maximum Gasteiger partial charge on any atom is 0.227 e. The number of rotatable bonds is 7. The molecule has 2 heterocycles. The Labute approximate surface area is 210 Å². The fourth-order valence-electron chi connectivity index (χ4n) is 3.49. The van der Waals surface area contributed by atoms with Gasteiger partial charge in [-0.05, 0) is 31.0 Å². The fraction of sp³-hybridized carbons (Fsp3) is 0.292. The van der Waals surface area contributed by atoms with E-state index in [1.54, 1.807) is 11.3 Å². The van der Waals surface area contributed by atoms with Crippen LogP contribution in [-0.2, 0) is 17.9 Å². The number of halogens is 1. The lowest BCUT2D eigenvalue weighted by atomic mass is 10.2. The van der Waals surface area contributed by atoms with E-state index in [1.807, 2.05) is 47.4 Å². The summed E-state index contributed by atoms with van der Waals surface area (Å²) in [5, 5.41) is 9.75. The van der Waals surface area contributed by atoms with E-state index in [9.17, 15) is 4.79 Å². The predicted molar refractivity (Wildman–Crippen MR) is 143 cm³/mol. The van der Waals surface area contributed by atoms with E-state index in [-0.39, 0.29) is 29.9 Å². The molecule has 0 bridgehead atoms. The molecule has 0 spiro atoms. The number of anilines is 1. The number of amides is 1. The summed E-state index contributed by atoms with van der Waals surface area (Å²) in [6.45, 7) is 4.83. The van der Waals surface area contributed by atoms with Crippen LogP contribution >= 0.6 is 35.3 Å². The van der Waals surface area contributed by atoms with Crippen molar-refractivity contribution in [1.29, 1.82) is 0 Å². The van der Waals surface area contributed by atoms with E-state index in [0.29, 0.717) is 19.5 Å². The quantitative estimate of drug-likeness (QED) is 0.247. The number of guanidine groups is 1. The minimum atomic E-state index is 0. The van der Waals surface area contributed by atoms with Gasteiger partial charge in [0.15, 0.2) is 5.96 Å². The third-order valence-corrected chi connectivity index (χ3v) is 6.04. The standard InChI is InChI=1S/C24H27N5OS.HI/c1-2-25-24(27-16-20-17-31-23(28-20)19-7-4-3-5-8-19)26-15-18-10-12-21(13-11-18)29-14-6-9-22(29)30;/h3-5,7-8,10-13,17H,2,6,9,14-16H2,1H3,(H2,25,26,27);1H. The summed E-state index contributed by atoms with van der Waals surface area (Å²) in [5.41, 5.74) is 4.21. The van der Waals surface area contributed by atoms with Gasteiger partial charge in [-0.1, -0.05) is 42.5 Å². The van der Waals surface area contributed by atoms with Gasteiger partial charge in [0, 0.05) is 36.1 Å². The molecule has 1 aliphatic heterocycles. The second kappa shape index (κ2) is 12.0. The summed E-state index contributed by atoms with van der Waals surface area (Å²) in [7, 11) is 0. The van der Waals surface area contributed by atoms with Gasteiger partial charge in [-0.2, -0.15) is 0 Å². The molecule has 3 aromatic rings. The number of aliphatic imine (C=N–C) groups is 1. The molecular weight excluding hydrogens is 533 g/mol. The normalized spacial score (nSPS) is 13.7. The van der Waals surface area contributed by atoms with E-state index in [0.717, 1.165) is 53.0 Å². The van der Waals surface area contributed by atoms with E-state index >= 15 is 0 Å². The number of carbonyl (C=O) groups is 1. The van der Waals surface area contributed by atoms with Crippen molar-refractivity contribution in [2.45, 2.75) is 32.9 Å². The molecule has 1 fully saturated rings. The first-order valence-corrected chi connectivity index (χ1v) is 11.5. The lowest BCUT2D eigenvalue weighted by Gasteiger charge is -2.15. The van der Waals surface area contributed by atoms with Gasteiger partial charge in [0.25, 0.3) is 0 Å². The molecule has 0 atom stereocenters. The van der Waals surface area contributed by atoms with Crippen LogP contribution in [-0.4, -0.2) is 29.9 Å². The molecule has 168 valence electrons. The minimum absolute atomic E-state index is 0. The number of carbonyl (C=O) groups excluding carboxylic acids is 1. The molecule has 1 amide bonds. The van der Waals surface area contributed by atoms with Crippen LogP contribution in [0.3, 0.4) is 0 Å². The Morgan fingerprint density at radius 2 is 1.91 bits per heavy atom. The Hall–Kier alpha value is -2.46. The van der Waals surface area contributed by atoms with Crippen molar-refractivity contribution >= 4 is 52.9 Å². The van der Waals surface area contributed by atoms with Gasteiger partial charge in [-0.25, -0.2) is 9.98 Å². The molecule has 4 rings (SSSR count). The van der Waals surface area contributed by atoms with E-state index in [2.05, 4.69) is 35.1 Å². The minimum Gasteiger partial charge on any atom is -0.357 e. The Morgan fingerprint density at radius 1 is 1.12 bits per heavy atom. The number of thiazole rings is 1. The maximum absolute atomic E-state index is 11.9. The molecule has 0 aliphatic carbocycles. The van der Waals surface area contributed by atoms with Crippen molar-refractivity contribution in [1.82, 2.24) is 15.6 Å². The van der Waals surface area contributed by atoms with Crippen LogP contribution in [0.1, 0.15) is 31.0 Å². The fourth-order valence-corrected chi connectivity index (χ4v) is 4.32. The molecular formula is C24H28IN5OS. The largest absolute Gasteiger partial charge is 0.357 e. The highest BCUT2D eigenvalue weighted by Crippen LogP contribution is 2.23. The molecule has 2 aromatic carbocycles. The third kappa shape index (κ3) is 6.29. The Morgan fingerprint density at radius 3 is 2.59 bits per heavy atom.